The molecule has 31 heavy (non-hydrogen) atoms. The van der Waals surface area contributed by atoms with Crippen molar-refractivity contribution in [3.63, 3.8) is 0 Å². The number of carbonyl (C=O) groups is 3. The molecular weight excluding hydrogens is 398 g/mol. The Morgan fingerprint density at radius 1 is 0.581 bits per heavy atom. The average molecular weight is 443 g/mol. The van der Waals surface area contributed by atoms with Crippen LogP contribution in [0, 0.1) is 0 Å². The minimum absolute atomic E-state index is 0.256. The lowest BCUT2D eigenvalue weighted by Crippen LogP contribution is -2.57. The van der Waals surface area contributed by atoms with Crippen LogP contribution >= 0.6 is 0 Å². The minimum atomic E-state index is -1.17. The molecule has 0 aromatic rings. The maximum absolute atomic E-state index is 11.1. The number of allylic oxidation sites excluding steroid dienone is 2. The topological polar surface area (TPSA) is 112 Å². The third-order valence-corrected chi connectivity index (χ3v) is 5.56. The Morgan fingerprint density at radius 3 is 1.32 bits per heavy atom. The van der Waals surface area contributed by atoms with E-state index < -0.39 is 42.0 Å². The highest BCUT2D eigenvalue weighted by atomic mass is 16.4. The van der Waals surface area contributed by atoms with Crippen LogP contribution in [0.2, 0.25) is 0 Å². The molecule has 0 aromatic carbocycles. The Hall–Kier alpha value is -1.89. The van der Waals surface area contributed by atoms with Crippen LogP contribution in [0.1, 0.15) is 96.8 Å². The molecule has 7 heteroatoms. The quantitative estimate of drug-likeness (QED) is 0.122. The second-order valence-corrected chi connectivity index (χ2v) is 8.66. The van der Waals surface area contributed by atoms with Crippen LogP contribution in [-0.4, -0.2) is 63.9 Å². The van der Waals surface area contributed by atoms with E-state index in [0.29, 0.717) is 6.42 Å². The van der Waals surface area contributed by atoms with Crippen LogP contribution in [0.4, 0.5) is 0 Å². The molecule has 0 aliphatic carbocycles. The molecule has 0 unspecified atom stereocenters. The number of unbranched alkanes of at least 4 members (excludes halogenated alkanes) is 12. The Morgan fingerprint density at radius 2 is 0.935 bits per heavy atom. The van der Waals surface area contributed by atoms with Gasteiger partial charge in [-0.1, -0.05) is 70.4 Å². The third kappa shape index (κ3) is 18.6. The Balaban J connectivity index is 3.92. The Kier molecular flexibility index (Phi) is 17.7. The number of carboxylic acid groups (broad SMARTS) is 3. The lowest BCUT2D eigenvalue weighted by Gasteiger charge is -2.34. The molecule has 0 aliphatic rings. The molecule has 0 heterocycles. The van der Waals surface area contributed by atoms with E-state index >= 15 is 0 Å². The largest absolute Gasteiger partial charge is 0.477 e. The molecule has 0 saturated heterocycles. The molecule has 0 fully saturated rings. The molecule has 0 amide bonds. The first kappa shape index (κ1) is 29.1. The smallest absolute Gasteiger partial charge is 0.359 e. The summed E-state index contributed by atoms with van der Waals surface area (Å²) in [7, 11) is 0. The van der Waals surface area contributed by atoms with Crippen LogP contribution in [0.5, 0.6) is 0 Å². The minimum Gasteiger partial charge on any atom is -0.477 e. The Labute approximate surface area is 187 Å². The van der Waals surface area contributed by atoms with Crippen LogP contribution in [0.3, 0.4) is 0 Å². The van der Waals surface area contributed by atoms with Gasteiger partial charge >= 0.3 is 17.9 Å². The summed E-state index contributed by atoms with van der Waals surface area (Å²) in [6.45, 7) is 1.04. The number of nitrogens with zero attached hydrogens (tertiary/aromatic N) is 1. The molecule has 0 spiro atoms. The summed E-state index contributed by atoms with van der Waals surface area (Å²) in [5, 5.41) is 27.3. The van der Waals surface area contributed by atoms with Gasteiger partial charge in [0.05, 0.1) is 6.54 Å². The second-order valence-electron chi connectivity index (χ2n) is 8.66. The summed E-state index contributed by atoms with van der Waals surface area (Å²) in [6, 6.07) is 0. The average Bonchev–Trinajstić information content (AvgIpc) is 2.66. The van der Waals surface area contributed by atoms with Crippen molar-refractivity contribution in [1.29, 1.82) is 0 Å². The van der Waals surface area contributed by atoms with Crippen LogP contribution in [0.25, 0.3) is 0 Å². The van der Waals surface area contributed by atoms with Gasteiger partial charge in [-0.25, -0.2) is 14.4 Å². The van der Waals surface area contributed by atoms with Crippen molar-refractivity contribution in [1.82, 2.24) is 0 Å². The zero-order chi connectivity index (χ0) is 23.4. The van der Waals surface area contributed by atoms with E-state index in [4.69, 9.17) is 15.3 Å². The summed E-state index contributed by atoms with van der Waals surface area (Å²) in [4.78, 5) is 33.4. The first-order valence-electron chi connectivity index (χ1n) is 12.0. The van der Waals surface area contributed by atoms with Gasteiger partial charge < -0.3 is 15.3 Å². The summed E-state index contributed by atoms with van der Waals surface area (Å²) in [5.41, 5.74) is 0. The molecule has 0 aliphatic heterocycles. The third-order valence-electron chi connectivity index (χ3n) is 5.56. The number of hydrogen-bond acceptors (Lipinski definition) is 3. The van der Waals surface area contributed by atoms with E-state index in [1.54, 1.807) is 0 Å². The number of rotatable bonds is 22. The van der Waals surface area contributed by atoms with Gasteiger partial charge in [-0.15, -0.1) is 0 Å². The zero-order valence-corrected chi connectivity index (χ0v) is 19.4. The van der Waals surface area contributed by atoms with Gasteiger partial charge in [0.2, 0.25) is 0 Å². The lowest BCUT2D eigenvalue weighted by atomic mass is 10.1. The number of carboxylic acids is 3. The monoisotopic (exact) mass is 442 g/mol. The predicted octanol–water partition coefficient (Wildman–Crippen LogP) is 5.09. The van der Waals surface area contributed by atoms with Gasteiger partial charge in [-0.05, 0) is 38.5 Å². The van der Waals surface area contributed by atoms with Gasteiger partial charge in [0.15, 0.2) is 19.6 Å². The van der Waals surface area contributed by atoms with Gasteiger partial charge in [-0.3, -0.25) is 4.48 Å². The van der Waals surface area contributed by atoms with E-state index in [1.807, 2.05) is 0 Å². The fraction of sp³-hybridized carbons (Fsp3) is 0.792. The van der Waals surface area contributed by atoms with Crippen LogP contribution in [-0.2, 0) is 14.4 Å². The lowest BCUT2D eigenvalue weighted by molar-refractivity contribution is -0.907. The van der Waals surface area contributed by atoms with Crippen molar-refractivity contribution < 1.29 is 34.2 Å². The fourth-order valence-electron chi connectivity index (χ4n) is 3.96. The first-order chi connectivity index (χ1) is 14.8. The Bertz CT molecular complexity index is 491. The van der Waals surface area contributed by atoms with Gasteiger partial charge in [-0.2, -0.15) is 0 Å². The van der Waals surface area contributed by atoms with E-state index in [9.17, 15) is 14.4 Å². The van der Waals surface area contributed by atoms with E-state index in [-0.39, 0.29) is 6.54 Å². The van der Waals surface area contributed by atoms with Crippen molar-refractivity contribution in [3.8, 4) is 0 Å². The molecule has 180 valence electrons. The van der Waals surface area contributed by atoms with E-state index in [1.165, 1.54) is 44.9 Å². The van der Waals surface area contributed by atoms with Gasteiger partial charge in [0.1, 0.15) is 0 Å². The summed E-state index contributed by atoms with van der Waals surface area (Å²) in [6.07, 6.45) is 20.7. The molecule has 0 bridgehead atoms. The highest BCUT2D eigenvalue weighted by Gasteiger charge is 2.35. The van der Waals surface area contributed by atoms with Crippen molar-refractivity contribution >= 4 is 17.9 Å². The van der Waals surface area contributed by atoms with Crippen molar-refractivity contribution in [2.75, 3.05) is 26.2 Å². The normalized spacial score (nSPS) is 11.8. The van der Waals surface area contributed by atoms with Gasteiger partial charge in [0.25, 0.3) is 0 Å². The highest BCUT2D eigenvalue weighted by molar-refractivity contribution is 5.73. The number of aliphatic carboxylic acids is 3. The van der Waals surface area contributed by atoms with Gasteiger partial charge in [0, 0.05) is 0 Å². The van der Waals surface area contributed by atoms with Crippen LogP contribution < -0.4 is 0 Å². The SMILES string of the molecule is CCCCCCCC/C=C/CCCCCCCC[N+](CC(=O)O)(CC(=O)O)CC(=O)O. The van der Waals surface area contributed by atoms with Crippen molar-refractivity contribution in [2.45, 2.75) is 96.8 Å². The van der Waals surface area contributed by atoms with E-state index in [2.05, 4.69) is 19.1 Å². The fourth-order valence-corrected chi connectivity index (χ4v) is 3.96. The van der Waals surface area contributed by atoms with Crippen LogP contribution in [0.15, 0.2) is 12.2 Å². The molecule has 0 atom stereocenters. The number of hydrogen-bond donors (Lipinski definition) is 3. The number of quaternary nitrogens is 1. The van der Waals surface area contributed by atoms with E-state index in [0.717, 1.165) is 38.5 Å². The molecule has 0 rings (SSSR count). The first-order valence-corrected chi connectivity index (χ1v) is 12.0. The zero-order valence-electron chi connectivity index (χ0n) is 19.4. The molecule has 0 aromatic heterocycles. The predicted molar refractivity (Wildman–Crippen MR) is 122 cm³/mol. The molecule has 7 nitrogen and oxygen atoms in total. The van der Waals surface area contributed by atoms with Crippen molar-refractivity contribution in [2.24, 2.45) is 0 Å². The standard InChI is InChI=1S/C24H43NO6/c1-2-3-4-5-6-7-8-9-10-11-12-13-14-15-16-17-18-25(19-22(26)27,20-23(28)29)21-24(30)31/h9-10H,2-8,11-21H2,1H3,(H2-,26,27,28,29,30,31)/p+1/b10-9+. The maximum atomic E-state index is 11.1. The summed E-state index contributed by atoms with van der Waals surface area (Å²) < 4.78 is -0.441. The molecular formula is C24H44NO6+. The maximum Gasteiger partial charge on any atom is 0.359 e. The highest BCUT2D eigenvalue weighted by Crippen LogP contribution is 2.14. The second kappa shape index (κ2) is 18.8. The molecule has 0 radical (unpaired) electrons. The molecule has 3 N–H and O–H groups in total. The summed E-state index contributed by atoms with van der Waals surface area (Å²) in [5.74, 6) is -3.52. The summed E-state index contributed by atoms with van der Waals surface area (Å²) >= 11 is 0. The van der Waals surface area contributed by atoms with Crippen molar-refractivity contribution in [3.05, 3.63) is 12.2 Å². The molecule has 0 saturated carbocycles.